The first kappa shape index (κ1) is 31.4. The molecule has 2 aliphatic heterocycles. The second-order valence-electron chi connectivity index (χ2n) is 11.6. The average molecular weight is 675 g/mol. The summed E-state index contributed by atoms with van der Waals surface area (Å²) >= 11 is 5.82. The van der Waals surface area contributed by atoms with Gasteiger partial charge in [0.25, 0.3) is 0 Å². The minimum absolute atomic E-state index is 0.0277. The van der Waals surface area contributed by atoms with Crippen LogP contribution in [0, 0.1) is 11.6 Å². The fourth-order valence-electron chi connectivity index (χ4n) is 5.83. The van der Waals surface area contributed by atoms with E-state index in [1.54, 1.807) is 18.3 Å². The molecule has 246 valence electrons. The molecule has 5 aromatic rings. The number of halogens is 6. The Morgan fingerprint density at radius 1 is 1.00 bits per heavy atom. The molecule has 4 aromatic heterocycles. The Balaban J connectivity index is 1.05. The molecule has 47 heavy (non-hydrogen) atoms. The number of pyridine rings is 2. The molecule has 7 rings (SSSR count). The molecule has 1 atom stereocenters. The van der Waals surface area contributed by atoms with Gasteiger partial charge in [-0.15, -0.1) is 10.2 Å². The number of likely N-dealkylation sites (tertiary alicyclic amines) is 1. The summed E-state index contributed by atoms with van der Waals surface area (Å²) in [5.41, 5.74) is 2.10. The van der Waals surface area contributed by atoms with Gasteiger partial charge < -0.3 is 19.0 Å². The summed E-state index contributed by atoms with van der Waals surface area (Å²) in [6.07, 6.45) is -0.859. The fourth-order valence-corrected chi connectivity index (χ4v) is 5.98. The highest BCUT2D eigenvalue weighted by Crippen LogP contribution is 2.32. The number of nitrogens with zero attached hydrogens (tertiary/aromatic N) is 7. The highest BCUT2D eigenvalue weighted by atomic mass is 35.5. The van der Waals surface area contributed by atoms with E-state index in [9.17, 15) is 22.0 Å². The van der Waals surface area contributed by atoms with Crippen molar-refractivity contribution in [2.75, 3.05) is 19.7 Å². The number of piperidine rings is 1. The van der Waals surface area contributed by atoms with Gasteiger partial charge in [0.05, 0.1) is 42.1 Å². The first-order valence-corrected chi connectivity index (χ1v) is 15.4. The fraction of sp³-hybridized carbons (Fsp3) is 0.387. The van der Waals surface area contributed by atoms with E-state index in [1.807, 2.05) is 4.57 Å². The first-order chi connectivity index (χ1) is 22.6. The van der Waals surface area contributed by atoms with E-state index < -0.39 is 23.6 Å². The maximum atomic E-state index is 14.9. The predicted octanol–water partition coefficient (Wildman–Crippen LogP) is 6.31. The quantitative estimate of drug-likeness (QED) is 0.181. The van der Waals surface area contributed by atoms with Gasteiger partial charge in [-0.3, -0.25) is 9.88 Å². The Morgan fingerprint density at radius 3 is 2.51 bits per heavy atom. The number of rotatable bonds is 9. The number of fused-ring (bicyclic) bond motifs is 1. The summed E-state index contributed by atoms with van der Waals surface area (Å²) in [4.78, 5) is 18.0. The van der Waals surface area contributed by atoms with Crippen LogP contribution in [0.2, 0.25) is 5.02 Å². The van der Waals surface area contributed by atoms with Crippen molar-refractivity contribution in [1.29, 1.82) is 0 Å². The van der Waals surface area contributed by atoms with Crippen LogP contribution in [-0.2, 0) is 30.6 Å². The maximum Gasteiger partial charge on any atom is 0.451 e. The van der Waals surface area contributed by atoms with E-state index in [-0.39, 0.29) is 41.0 Å². The molecule has 2 aliphatic rings. The van der Waals surface area contributed by atoms with E-state index in [0.717, 1.165) is 17.8 Å². The molecule has 0 radical (unpaired) electrons. The monoisotopic (exact) mass is 674 g/mol. The van der Waals surface area contributed by atoms with Gasteiger partial charge in [-0.1, -0.05) is 17.7 Å². The Hall–Kier alpha value is -4.21. The molecule has 0 saturated carbocycles. The molecular formula is C31H28ClF5N8O2. The summed E-state index contributed by atoms with van der Waals surface area (Å²) in [6, 6.07) is 8.64. The minimum atomic E-state index is -4.66. The molecule has 1 N–H and O–H groups in total. The number of H-pyrrole nitrogens is 1. The van der Waals surface area contributed by atoms with Crippen LogP contribution >= 0.6 is 11.6 Å². The largest absolute Gasteiger partial charge is 0.473 e. The van der Waals surface area contributed by atoms with Crippen molar-refractivity contribution in [3.8, 4) is 17.4 Å². The number of nitrogens with one attached hydrogen (secondary N) is 1. The molecule has 0 aliphatic carbocycles. The lowest BCUT2D eigenvalue weighted by molar-refractivity contribution is -0.144. The number of aromatic nitrogens is 7. The van der Waals surface area contributed by atoms with Crippen LogP contribution in [0.25, 0.3) is 22.6 Å². The number of aromatic amines is 1. The molecule has 0 spiro atoms. The predicted molar refractivity (Wildman–Crippen MR) is 159 cm³/mol. The Morgan fingerprint density at radius 2 is 1.81 bits per heavy atom. The Kier molecular flexibility index (Phi) is 8.53. The molecule has 10 nitrogen and oxygen atoms in total. The zero-order chi connectivity index (χ0) is 32.7. The third-order valence-corrected chi connectivity index (χ3v) is 8.70. The lowest BCUT2D eigenvalue weighted by Crippen LogP contribution is -2.35. The van der Waals surface area contributed by atoms with Crippen LogP contribution in [0.15, 0.2) is 42.6 Å². The maximum absolute atomic E-state index is 14.9. The van der Waals surface area contributed by atoms with Gasteiger partial charge in [0.1, 0.15) is 29.8 Å². The summed E-state index contributed by atoms with van der Waals surface area (Å²) < 4.78 is 81.6. The normalized spacial score (nSPS) is 17.7. The zero-order valence-electron chi connectivity index (χ0n) is 24.8. The molecule has 0 unspecified atom stereocenters. The average Bonchev–Trinajstić information content (AvgIpc) is 3.65. The van der Waals surface area contributed by atoms with Gasteiger partial charge in [-0.2, -0.15) is 13.2 Å². The third kappa shape index (κ3) is 6.78. The minimum Gasteiger partial charge on any atom is -0.473 e. The SMILES string of the molecule is Fc1cc(Cl)ccc1COc1ccc(F)c(C2CCN(Cc3nc4cc(-c5nnc(C(F)(F)F)[nH]5)ncc4n3C[C@@H]3CCO3)CC2)n1. The number of alkyl halides is 3. The lowest BCUT2D eigenvalue weighted by Gasteiger charge is -2.32. The lowest BCUT2D eigenvalue weighted by atomic mass is 9.92. The van der Waals surface area contributed by atoms with Crippen LogP contribution in [0.3, 0.4) is 0 Å². The highest BCUT2D eigenvalue weighted by molar-refractivity contribution is 6.30. The molecule has 0 amide bonds. The number of hydrogen-bond donors (Lipinski definition) is 1. The molecular weight excluding hydrogens is 647 g/mol. The first-order valence-electron chi connectivity index (χ1n) is 15.0. The van der Waals surface area contributed by atoms with Crippen LogP contribution in [0.4, 0.5) is 22.0 Å². The Labute approximate surface area is 269 Å². The highest BCUT2D eigenvalue weighted by Gasteiger charge is 2.36. The smallest absolute Gasteiger partial charge is 0.451 e. The standard InChI is InChI=1S/C31H28ClF5N8O2/c32-19-2-1-18(22(34)11-19)16-47-27-4-3-21(33)28(40-27)17-5-8-44(9-6-17)15-26-39-23-12-24(29-41-30(43-42-29)31(35,36)37)38-13-25(23)45(26)14-20-7-10-46-20/h1-4,11-13,17,20H,5-10,14-16H2,(H,41,42,43)/t20-/m0/s1. The Bertz CT molecular complexity index is 1900. The van der Waals surface area contributed by atoms with Crippen molar-refractivity contribution in [2.45, 2.75) is 57.2 Å². The molecule has 16 heteroatoms. The molecule has 2 saturated heterocycles. The van der Waals surface area contributed by atoms with Crippen molar-refractivity contribution in [3.63, 3.8) is 0 Å². The van der Waals surface area contributed by atoms with Crippen molar-refractivity contribution in [2.24, 2.45) is 0 Å². The summed E-state index contributed by atoms with van der Waals surface area (Å²) in [7, 11) is 0. The van der Waals surface area contributed by atoms with Crippen molar-refractivity contribution in [1.82, 2.24) is 39.6 Å². The number of hydrogen-bond acceptors (Lipinski definition) is 8. The van der Waals surface area contributed by atoms with Gasteiger partial charge in [0, 0.05) is 29.2 Å². The van der Waals surface area contributed by atoms with Crippen LogP contribution in [0.5, 0.6) is 5.88 Å². The topological polar surface area (TPSA) is 107 Å². The molecule has 2 fully saturated rings. The van der Waals surface area contributed by atoms with Gasteiger partial charge in [0.15, 0.2) is 5.82 Å². The summed E-state index contributed by atoms with van der Waals surface area (Å²) in [5, 5.41) is 7.09. The van der Waals surface area contributed by atoms with Gasteiger partial charge in [0.2, 0.25) is 11.7 Å². The number of ether oxygens (including phenoxy) is 2. The van der Waals surface area contributed by atoms with Crippen LogP contribution < -0.4 is 4.74 Å². The molecule has 0 bridgehead atoms. The summed E-state index contributed by atoms with van der Waals surface area (Å²) in [5.74, 6) is -1.39. The third-order valence-electron chi connectivity index (χ3n) is 8.47. The van der Waals surface area contributed by atoms with Crippen LogP contribution in [-0.4, -0.2) is 65.4 Å². The second kappa shape index (κ2) is 12.8. The van der Waals surface area contributed by atoms with E-state index in [0.29, 0.717) is 62.4 Å². The van der Waals surface area contributed by atoms with Gasteiger partial charge in [-0.05, 0) is 56.6 Å². The van der Waals surface area contributed by atoms with E-state index in [2.05, 4.69) is 30.0 Å². The van der Waals surface area contributed by atoms with E-state index >= 15 is 0 Å². The van der Waals surface area contributed by atoms with Gasteiger partial charge in [-0.25, -0.2) is 18.7 Å². The van der Waals surface area contributed by atoms with E-state index in [1.165, 1.54) is 24.3 Å². The molecule has 1 aromatic carbocycles. The van der Waals surface area contributed by atoms with E-state index in [4.69, 9.17) is 26.1 Å². The van der Waals surface area contributed by atoms with Crippen LogP contribution in [0.1, 0.15) is 48.1 Å². The summed E-state index contributed by atoms with van der Waals surface area (Å²) in [6.45, 7) is 2.97. The number of imidazole rings is 1. The van der Waals surface area contributed by atoms with Gasteiger partial charge >= 0.3 is 6.18 Å². The second-order valence-corrected chi connectivity index (χ2v) is 12.0. The van der Waals surface area contributed by atoms with Crippen molar-refractivity contribution in [3.05, 3.63) is 82.2 Å². The van der Waals surface area contributed by atoms with Crippen molar-refractivity contribution >= 4 is 22.6 Å². The zero-order valence-corrected chi connectivity index (χ0v) is 25.5. The number of benzene rings is 1. The van der Waals surface area contributed by atoms with Crippen molar-refractivity contribution < 1.29 is 31.4 Å². The molecule has 6 heterocycles.